The number of carbonyl (C=O) groups is 1. The average molecular weight is 535 g/mol. The summed E-state index contributed by atoms with van der Waals surface area (Å²) in [6.45, 7) is 0. The van der Waals surface area contributed by atoms with Crippen molar-refractivity contribution in [3.8, 4) is 11.5 Å². The second-order valence-corrected chi connectivity index (χ2v) is 7.55. The largest absolute Gasteiger partial charge is 0.434 e. The second-order valence-electron chi connectivity index (χ2n) is 7.55. The van der Waals surface area contributed by atoms with Crippen molar-refractivity contribution in [2.75, 3.05) is 5.32 Å². The van der Waals surface area contributed by atoms with Crippen LogP contribution in [0.15, 0.2) is 66.2 Å². The fourth-order valence-corrected chi connectivity index (χ4v) is 3.60. The van der Waals surface area contributed by atoms with Crippen LogP contribution in [0.5, 0.6) is 0 Å². The molecule has 1 N–H and O–H groups in total. The van der Waals surface area contributed by atoms with Gasteiger partial charge in [0.25, 0.3) is 11.5 Å². The van der Waals surface area contributed by atoms with E-state index in [9.17, 15) is 35.9 Å². The molecule has 0 saturated carbocycles. The van der Waals surface area contributed by atoms with E-state index in [0.29, 0.717) is 21.7 Å². The number of halogens is 6. The molecule has 11 nitrogen and oxygen atoms in total. The Morgan fingerprint density at radius 3 is 2.32 bits per heavy atom. The quantitative estimate of drug-likeness (QED) is 0.351. The van der Waals surface area contributed by atoms with Crippen LogP contribution in [0.2, 0.25) is 0 Å². The highest BCUT2D eigenvalue weighted by Crippen LogP contribution is 2.36. The zero-order valence-corrected chi connectivity index (χ0v) is 18.4. The fourth-order valence-electron chi connectivity index (χ4n) is 3.60. The lowest BCUT2D eigenvalue weighted by Gasteiger charge is -2.15. The Balaban J connectivity index is 1.57. The predicted molar refractivity (Wildman–Crippen MR) is 116 cm³/mol. The van der Waals surface area contributed by atoms with Crippen molar-refractivity contribution in [2.24, 2.45) is 0 Å². The average Bonchev–Trinajstić information content (AvgIpc) is 3.54. The summed E-state index contributed by atoms with van der Waals surface area (Å²) in [6.07, 6.45) is -4.07. The minimum Gasteiger partial charge on any atom is -0.320 e. The molecule has 0 atom stereocenters. The van der Waals surface area contributed by atoms with Crippen molar-refractivity contribution in [1.82, 2.24) is 39.1 Å². The van der Waals surface area contributed by atoms with E-state index in [4.69, 9.17) is 0 Å². The van der Waals surface area contributed by atoms with Crippen LogP contribution in [0, 0.1) is 0 Å². The topological polar surface area (TPSA) is 125 Å². The van der Waals surface area contributed by atoms with Gasteiger partial charge in [-0.1, -0.05) is 0 Å². The molecule has 38 heavy (non-hydrogen) atoms. The van der Waals surface area contributed by atoms with Crippen LogP contribution in [0.25, 0.3) is 17.2 Å². The van der Waals surface area contributed by atoms with Crippen LogP contribution in [0.1, 0.15) is 21.6 Å². The van der Waals surface area contributed by atoms with Gasteiger partial charge >= 0.3 is 12.4 Å². The maximum absolute atomic E-state index is 14.1. The first-order valence-corrected chi connectivity index (χ1v) is 10.3. The zero-order chi connectivity index (χ0) is 27.2. The number of amides is 1. The second kappa shape index (κ2) is 8.79. The van der Waals surface area contributed by atoms with Crippen LogP contribution < -0.4 is 10.9 Å². The number of rotatable bonds is 4. The van der Waals surface area contributed by atoms with Gasteiger partial charge in [-0.3, -0.25) is 14.0 Å². The van der Waals surface area contributed by atoms with E-state index in [1.54, 1.807) is 0 Å². The van der Waals surface area contributed by atoms with Gasteiger partial charge in [0.05, 0.1) is 36.0 Å². The molecule has 0 radical (unpaired) electrons. The SMILES string of the molecule is O=C(Nc1cnc(-n2nccn2)c(C(F)(F)F)c1)c1cnn(-c2cccn3c(=O)ccnc23)c1C(F)(F)F. The molecule has 0 bridgehead atoms. The number of alkyl halides is 6. The molecule has 0 aliphatic carbocycles. The molecule has 5 heterocycles. The third-order valence-electron chi connectivity index (χ3n) is 5.15. The third kappa shape index (κ3) is 4.33. The smallest absolute Gasteiger partial charge is 0.320 e. The fraction of sp³-hybridized carbons (Fsp3) is 0.0952. The summed E-state index contributed by atoms with van der Waals surface area (Å²) in [5.74, 6) is -2.11. The molecule has 17 heteroatoms. The summed E-state index contributed by atoms with van der Waals surface area (Å²) >= 11 is 0. The van der Waals surface area contributed by atoms with Gasteiger partial charge in [0.1, 0.15) is 11.3 Å². The van der Waals surface area contributed by atoms with E-state index < -0.39 is 52.1 Å². The van der Waals surface area contributed by atoms with E-state index in [0.717, 1.165) is 35.3 Å². The van der Waals surface area contributed by atoms with Gasteiger partial charge in [-0.15, -0.1) is 4.80 Å². The molecule has 5 aromatic heterocycles. The highest BCUT2D eigenvalue weighted by molar-refractivity contribution is 6.05. The Hall–Kier alpha value is -5.09. The summed E-state index contributed by atoms with van der Waals surface area (Å²) < 4.78 is 84.7. The molecular formula is C21H11F6N9O2. The summed E-state index contributed by atoms with van der Waals surface area (Å²) in [5.41, 5.74) is -5.44. The van der Waals surface area contributed by atoms with Crippen LogP contribution >= 0.6 is 0 Å². The van der Waals surface area contributed by atoms with Crippen molar-refractivity contribution in [3.05, 3.63) is 88.6 Å². The minimum absolute atomic E-state index is 0.178. The Labute approximate surface area is 206 Å². The van der Waals surface area contributed by atoms with Crippen molar-refractivity contribution in [1.29, 1.82) is 0 Å². The van der Waals surface area contributed by atoms with Gasteiger partial charge in [0.15, 0.2) is 17.2 Å². The van der Waals surface area contributed by atoms with E-state index in [2.05, 4.69) is 25.3 Å². The van der Waals surface area contributed by atoms with E-state index in [-0.39, 0.29) is 11.3 Å². The van der Waals surface area contributed by atoms with Crippen molar-refractivity contribution in [3.63, 3.8) is 0 Å². The molecule has 194 valence electrons. The number of nitrogens with zero attached hydrogens (tertiary/aromatic N) is 8. The number of pyridine rings is 2. The lowest BCUT2D eigenvalue weighted by molar-refractivity contribution is -0.143. The summed E-state index contributed by atoms with van der Waals surface area (Å²) in [7, 11) is 0. The van der Waals surface area contributed by atoms with Gasteiger partial charge in [0, 0.05) is 18.5 Å². The van der Waals surface area contributed by atoms with E-state index in [1.807, 2.05) is 5.32 Å². The maximum Gasteiger partial charge on any atom is 0.434 e. The first kappa shape index (κ1) is 24.6. The van der Waals surface area contributed by atoms with Gasteiger partial charge in [0.2, 0.25) is 0 Å². The van der Waals surface area contributed by atoms with Crippen LogP contribution in [0.3, 0.4) is 0 Å². The molecule has 1 amide bonds. The van der Waals surface area contributed by atoms with Gasteiger partial charge in [-0.05, 0) is 18.2 Å². The molecule has 0 fully saturated rings. The Kier molecular flexibility index (Phi) is 5.69. The zero-order valence-electron chi connectivity index (χ0n) is 18.4. The summed E-state index contributed by atoms with van der Waals surface area (Å²) in [4.78, 5) is 33.1. The highest BCUT2D eigenvalue weighted by Gasteiger charge is 2.41. The number of anilines is 1. The molecule has 0 aliphatic rings. The van der Waals surface area contributed by atoms with Gasteiger partial charge in [-0.2, -0.15) is 41.6 Å². The summed E-state index contributed by atoms with van der Waals surface area (Å²) in [5, 5.41) is 12.8. The number of fused-ring (bicyclic) bond motifs is 1. The lowest BCUT2D eigenvalue weighted by Crippen LogP contribution is -2.22. The standard InChI is InChI=1S/C21H11F6N9O2/c22-20(23,24)13-8-11(9-29-17(13)36-30-5-6-31-36)33-19(38)12-10-32-35(16(12)21(25,26)27)14-2-1-7-34-15(37)3-4-28-18(14)34/h1-10H,(H,33,38). The molecule has 0 unspecified atom stereocenters. The lowest BCUT2D eigenvalue weighted by atomic mass is 10.2. The Morgan fingerprint density at radius 2 is 1.63 bits per heavy atom. The summed E-state index contributed by atoms with van der Waals surface area (Å²) in [6, 6.07) is 4.07. The number of nitrogens with one attached hydrogen (secondary N) is 1. The van der Waals surface area contributed by atoms with Crippen molar-refractivity contribution < 1.29 is 31.1 Å². The maximum atomic E-state index is 14.1. The van der Waals surface area contributed by atoms with E-state index >= 15 is 0 Å². The van der Waals surface area contributed by atoms with Crippen LogP contribution in [0.4, 0.5) is 32.0 Å². The monoisotopic (exact) mass is 535 g/mol. The number of aromatic nitrogens is 8. The van der Waals surface area contributed by atoms with Crippen LogP contribution in [-0.4, -0.2) is 45.1 Å². The highest BCUT2D eigenvalue weighted by atomic mass is 19.4. The molecular weight excluding hydrogens is 524 g/mol. The minimum atomic E-state index is -5.14. The first-order valence-electron chi connectivity index (χ1n) is 10.3. The molecule has 0 saturated heterocycles. The number of hydrogen-bond acceptors (Lipinski definition) is 7. The van der Waals surface area contributed by atoms with Gasteiger partial charge < -0.3 is 5.32 Å². The third-order valence-corrected chi connectivity index (χ3v) is 5.15. The van der Waals surface area contributed by atoms with Crippen molar-refractivity contribution >= 4 is 17.2 Å². The molecule has 5 aromatic rings. The van der Waals surface area contributed by atoms with Crippen molar-refractivity contribution in [2.45, 2.75) is 12.4 Å². The number of hydrogen-bond donors (Lipinski definition) is 1. The van der Waals surface area contributed by atoms with Crippen LogP contribution in [-0.2, 0) is 12.4 Å². The molecule has 5 rings (SSSR count). The van der Waals surface area contributed by atoms with E-state index in [1.165, 1.54) is 18.3 Å². The van der Waals surface area contributed by atoms with Gasteiger partial charge in [-0.25, -0.2) is 14.6 Å². The first-order chi connectivity index (χ1) is 17.9. The molecule has 0 spiro atoms. The molecule has 0 aromatic carbocycles. The molecule has 0 aliphatic heterocycles. The number of carbonyl (C=O) groups excluding carboxylic acids is 1. The Morgan fingerprint density at radius 1 is 0.895 bits per heavy atom. The Bertz CT molecular complexity index is 1720. The predicted octanol–water partition coefficient (Wildman–Crippen LogP) is 3.15. The normalized spacial score (nSPS) is 12.2.